The molecule has 0 saturated carbocycles. The van der Waals surface area contributed by atoms with Gasteiger partial charge in [0.2, 0.25) is 0 Å². The quantitative estimate of drug-likeness (QED) is 0.688. The number of anilines is 1. The van der Waals surface area contributed by atoms with Gasteiger partial charge in [0, 0.05) is 30.2 Å². The van der Waals surface area contributed by atoms with Gasteiger partial charge in [-0.2, -0.15) is 0 Å². The van der Waals surface area contributed by atoms with E-state index >= 15 is 0 Å². The zero-order valence-electron chi connectivity index (χ0n) is 15.7. The van der Waals surface area contributed by atoms with E-state index < -0.39 is 0 Å². The Hall–Kier alpha value is -3.28. The fourth-order valence-corrected chi connectivity index (χ4v) is 2.70. The van der Waals surface area contributed by atoms with Crippen LogP contribution in [0.4, 0.5) is 5.69 Å². The van der Waals surface area contributed by atoms with Crippen molar-refractivity contribution < 1.29 is 14.3 Å². The minimum Gasteiger partial charge on any atom is -0.493 e. The lowest BCUT2D eigenvalue weighted by Gasteiger charge is -2.14. The van der Waals surface area contributed by atoms with Crippen molar-refractivity contribution in [3.63, 3.8) is 0 Å². The normalized spacial score (nSPS) is 10.7. The summed E-state index contributed by atoms with van der Waals surface area (Å²) in [5.74, 6) is 0.945. The van der Waals surface area contributed by atoms with Gasteiger partial charge < -0.3 is 19.4 Å². The number of hydrogen-bond donors (Lipinski definition) is 1. The standard InChI is InChI=1S/C21H23N3O3/c1-15(2)27-19-8-7-17(12-20(19)26-3)21(25)23-18-6-4-5-16(11-18)13-24-10-9-22-14-24/h4-12,14-15H,13H2,1-3H3,(H,23,25). The Morgan fingerprint density at radius 2 is 2.04 bits per heavy atom. The maximum atomic E-state index is 12.6. The Bertz CT molecular complexity index is 905. The van der Waals surface area contributed by atoms with Gasteiger partial charge in [-0.15, -0.1) is 0 Å². The van der Waals surface area contributed by atoms with Gasteiger partial charge in [0.25, 0.3) is 5.91 Å². The first kappa shape index (κ1) is 18.5. The second-order valence-corrected chi connectivity index (χ2v) is 6.42. The van der Waals surface area contributed by atoms with Crippen molar-refractivity contribution in [3.8, 4) is 11.5 Å². The van der Waals surface area contributed by atoms with Crippen LogP contribution < -0.4 is 14.8 Å². The molecule has 6 heteroatoms. The first-order chi connectivity index (χ1) is 13.0. The van der Waals surface area contributed by atoms with Gasteiger partial charge in [-0.05, 0) is 49.7 Å². The molecule has 1 heterocycles. The maximum absolute atomic E-state index is 12.6. The Morgan fingerprint density at radius 3 is 2.74 bits per heavy atom. The van der Waals surface area contributed by atoms with E-state index in [1.165, 1.54) is 0 Å². The van der Waals surface area contributed by atoms with Gasteiger partial charge in [-0.3, -0.25) is 4.79 Å². The molecule has 1 amide bonds. The number of ether oxygens (including phenoxy) is 2. The zero-order valence-corrected chi connectivity index (χ0v) is 15.7. The van der Waals surface area contributed by atoms with E-state index in [0.29, 0.717) is 23.6 Å². The number of nitrogens with zero attached hydrogens (tertiary/aromatic N) is 2. The first-order valence-corrected chi connectivity index (χ1v) is 8.76. The molecule has 3 rings (SSSR count). The number of rotatable bonds is 7. The van der Waals surface area contributed by atoms with Crippen LogP contribution in [-0.4, -0.2) is 28.7 Å². The Labute approximate surface area is 158 Å². The summed E-state index contributed by atoms with van der Waals surface area (Å²) in [7, 11) is 1.56. The van der Waals surface area contributed by atoms with E-state index in [2.05, 4.69) is 10.3 Å². The molecule has 27 heavy (non-hydrogen) atoms. The molecule has 0 aliphatic rings. The molecular formula is C21H23N3O3. The van der Waals surface area contributed by atoms with Crippen molar-refractivity contribution in [1.29, 1.82) is 0 Å². The number of benzene rings is 2. The molecule has 0 atom stereocenters. The van der Waals surface area contributed by atoms with E-state index in [0.717, 1.165) is 11.3 Å². The van der Waals surface area contributed by atoms with Crippen LogP contribution in [0.3, 0.4) is 0 Å². The average Bonchev–Trinajstić information content (AvgIpc) is 3.14. The molecule has 0 aliphatic carbocycles. The minimum atomic E-state index is -0.204. The van der Waals surface area contributed by atoms with Crippen molar-refractivity contribution in [2.45, 2.75) is 26.5 Å². The number of amides is 1. The fourth-order valence-electron chi connectivity index (χ4n) is 2.70. The van der Waals surface area contributed by atoms with Gasteiger partial charge in [0.05, 0.1) is 19.5 Å². The molecular weight excluding hydrogens is 342 g/mol. The highest BCUT2D eigenvalue weighted by atomic mass is 16.5. The van der Waals surface area contributed by atoms with E-state index in [-0.39, 0.29) is 12.0 Å². The third kappa shape index (κ3) is 4.88. The number of carbonyl (C=O) groups is 1. The summed E-state index contributed by atoms with van der Waals surface area (Å²) in [6.07, 6.45) is 5.43. The molecule has 6 nitrogen and oxygen atoms in total. The molecule has 2 aromatic carbocycles. The summed E-state index contributed by atoms with van der Waals surface area (Å²) in [6.45, 7) is 4.58. The summed E-state index contributed by atoms with van der Waals surface area (Å²) in [4.78, 5) is 16.7. The van der Waals surface area contributed by atoms with E-state index in [9.17, 15) is 4.79 Å². The number of aromatic nitrogens is 2. The third-order valence-electron chi connectivity index (χ3n) is 3.90. The molecule has 0 fully saturated rings. The summed E-state index contributed by atoms with van der Waals surface area (Å²) in [6, 6.07) is 12.9. The molecule has 140 valence electrons. The third-order valence-corrected chi connectivity index (χ3v) is 3.90. The first-order valence-electron chi connectivity index (χ1n) is 8.76. The largest absolute Gasteiger partial charge is 0.493 e. The minimum absolute atomic E-state index is 0.0248. The van der Waals surface area contributed by atoms with Gasteiger partial charge in [0.1, 0.15) is 0 Å². The van der Waals surface area contributed by atoms with Crippen LogP contribution in [0.15, 0.2) is 61.2 Å². The van der Waals surface area contributed by atoms with Crippen LogP contribution in [0.1, 0.15) is 29.8 Å². The van der Waals surface area contributed by atoms with Gasteiger partial charge in [0.15, 0.2) is 11.5 Å². The van der Waals surface area contributed by atoms with Crippen LogP contribution in [0.2, 0.25) is 0 Å². The monoisotopic (exact) mass is 365 g/mol. The van der Waals surface area contributed by atoms with Crippen LogP contribution >= 0.6 is 0 Å². The Balaban J connectivity index is 1.73. The summed E-state index contributed by atoms with van der Waals surface area (Å²) >= 11 is 0. The van der Waals surface area contributed by atoms with Crippen LogP contribution in [0.5, 0.6) is 11.5 Å². The lowest BCUT2D eigenvalue weighted by atomic mass is 10.1. The number of hydrogen-bond acceptors (Lipinski definition) is 4. The van der Waals surface area contributed by atoms with Crippen molar-refractivity contribution >= 4 is 11.6 Å². The number of imidazole rings is 1. The van der Waals surface area contributed by atoms with Crippen LogP contribution in [-0.2, 0) is 6.54 Å². The van der Waals surface area contributed by atoms with Crippen LogP contribution in [0.25, 0.3) is 0 Å². The molecule has 0 bridgehead atoms. The molecule has 0 radical (unpaired) electrons. The molecule has 0 saturated heterocycles. The number of nitrogens with one attached hydrogen (secondary N) is 1. The van der Waals surface area contributed by atoms with Crippen molar-refractivity contribution in [2.75, 3.05) is 12.4 Å². The van der Waals surface area contributed by atoms with Crippen molar-refractivity contribution in [3.05, 3.63) is 72.3 Å². The second kappa shape index (κ2) is 8.40. The molecule has 1 aromatic heterocycles. The lowest BCUT2D eigenvalue weighted by molar-refractivity contribution is 0.102. The lowest BCUT2D eigenvalue weighted by Crippen LogP contribution is -2.13. The van der Waals surface area contributed by atoms with Crippen LogP contribution in [0, 0.1) is 0 Å². The molecule has 1 N–H and O–H groups in total. The molecule has 3 aromatic rings. The average molecular weight is 365 g/mol. The summed E-state index contributed by atoms with van der Waals surface area (Å²) in [5.41, 5.74) is 2.31. The molecule has 0 unspecified atom stereocenters. The fraction of sp³-hybridized carbons (Fsp3) is 0.238. The maximum Gasteiger partial charge on any atom is 0.255 e. The highest BCUT2D eigenvalue weighted by Crippen LogP contribution is 2.29. The highest BCUT2D eigenvalue weighted by molar-refractivity contribution is 6.04. The van der Waals surface area contributed by atoms with Gasteiger partial charge in [-0.25, -0.2) is 4.98 Å². The van der Waals surface area contributed by atoms with Crippen molar-refractivity contribution in [1.82, 2.24) is 9.55 Å². The zero-order chi connectivity index (χ0) is 19.2. The van der Waals surface area contributed by atoms with E-state index in [1.54, 1.807) is 37.8 Å². The van der Waals surface area contributed by atoms with Gasteiger partial charge >= 0.3 is 0 Å². The number of carbonyl (C=O) groups excluding carboxylic acids is 1. The summed E-state index contributed by atoms with van der Waals surface area (Å²) < 4.78 is 13.0. The predicted molar refractivity (Wildman–Crippen MR) is 104 cm³/mol. The van der Waals surface area contributed by atoms with E-state index in [4.69, 9.17) is 9.47 Å². The topological polar surface area (TPSA) is 65.4 Å². The Morgan fingerprint density at radius 1 is 1.19 bits per heavy atom. The number of methoxy groups -OCH3 is 1. The predicted octanol–water partition coefficient (Wildman–Crippen LogP) is 3.98. The molecule has 0 aliphatic heterocycles. The second-order valence-electron chi connectivity index (χ2n) is 6.42. The van der Waals surface area contributed by atoms with Crippen molar-refractivity contribution in [2.24, 2.45) is 0 Å². The van der Waals surface area contributed by atoms with E-state index in [1.807, 2.05) is 48.9 Å². The van der Waals surface area contributed by atoms with Gasteiger partial charge in [-0.1, -0.05) is 12.1 Å². The SMILES string of the molecule is COc1cc(C(=O)Nc2cccc(Cn3ccnc3)c2)ccc1OC(C)C. The highest BCUT2D eigenvalue weighted by Gasteiger charge is 2.12. The molecule has 0 spiro atoms. The summed E-state index contributed by atoms with van der Waals surface area (Å²) in [5, 5.41) is 2.93. The smallest absolute Gasteiger partial charge is 0.255 e. The Kier molecular flexibility index (Phi) is 5.76.